The molecular formula is C20H20N6O4S2. The van der Waals surface area contributed by atoms with Crippen LogP contribution in [0.25, 0.3) is 15.9 Å². The fourth-order valence-corrected chi connectivity index (χ4v) is 4.48. The molecule has 32 heavy (non-hydrogen) atoms. The lowest BCUT2D eigenvalue weighted by Gasteiger charge is -2.11. The van der Waals surface area contributed by atoms with E-state index in [1.165, 1.54) is 27.8 Å². The number of amides is 1. The molecule has 2 aromatic carbocycles. The number of tetrazole rings is 1. The molecule has 0 atom stereocenters. The first-order chi connectivity index (χ1) is 15.6. The highest BCUT2D eigenvalue weighted by molar-refractivity contribution is 7.99. The minimum atomic E-state index is -0.216. The molecule has 10 nitrogen and oxygen atoms in total. The molecule has 4 rings (SSSR count). The smallest absolute Gasteiger partial charge is 0.236 e. The van der Waals surface area contributed by atoms with E-state index in [2.05, 4.69) is 25.8 Å². The monoisotopic (exact) mass is 472 g/mol. The number of anilines is 1. The maximum absolute atomic E-state index is 12.5. The van der Waals surface area contributed by atoms with Crippen molar-refractivity contribution in [2.75, 3.05) is 31.9 Å². The molecule has 2 heterocycles. The van der Waals surface area contributed by atoms with Crippen LogP contribution in [-0.4, -0.2) is 57.7 Å². The molecule has 0 aliphatic heterocycles. The number of rotatable bonds is 9. The molecule has 12 heteroatoms. The van der Waals surface area contributed by atoms with Gasteiger partial charge in [-0.1, -0.05) is 23.1 Å². The van der Waals surface area contributed by atoms with Crippen LogP contribution in [0.5, 0.6) is 17.2 Å². The van der Waals surface area contributed by atoms with Crippen molar-refractivity contribution in [1.29, 1.82) is 0 Å². The molecule has 0 radical (unpaired) electrons. The number of ether oxygens (including phenoxy) is 3. The normalized spacial score (nSPS) is 10.8. The van der Waals surface area contributed by atoms with Gasteiger partial charge in [0.1, 0.15) is 22.9 Å². The third-order valence-corrected chi connectivity index (χ3v) is 6.16. The number of thiazole rings is 1. The van der Waals surface area contributed by atoms with Crippen molar-refractivity contribution in [3.05, 3.63) is 36.4 Å². The van der Waals surface area contributed by atoms with Crippen LogP contribution >= 0.6 is 23.1 Å². The number of carbonyl (C=O) groups excluding carboxylic acids is 1. The first-order valence-electron chi connectivity index (χ1n) is 9.58. The average Bonchev–Trinajstić information content (AvgIpc) is 3.43. The Labute approximate surface area is 191 Å². The lowest BCUT2D eigenvalue weighted by molar-refractivity contribution is -0.113. The van der Waals surface area contributed by atoms with Gasteiger partial charge in [-0.2, -0.15) is 4.68 Å². The third kappa shape index (κ3) is 4.75. The van der Waals surface area contributed by atoms with Crippen LogP contribution in [0.2, 0.25) is 0 Å². The summed E-state index contributed by atoms with van der Waals surface area (Å²) in [6.07, 6.45) is 0. The fourth-order valence-electron chi connectivity index (χ4n) is 2.88. The van der Waals surface area contributed by atoms with Crippen molar-refractivity contribution >= 4 is 44.4 Å². The topological polar surface area (TPSA) is 113 Å². The van der Waals surface area contributed by atoms with Gasteiger partial charge in [0.25, 0.3) is 0 Å². The number of fused-ring (bicyclic) bond motifs is 1. The molecule has 0 spiro atoms. The van der Waals surface area contributed by atoms with Crippen molar-refractivity contribution in [2.24, 2.45) is 0 Å². The molecule has 0 unspecified atom stereocenters. The van der Waals surface area contributed by atoms with Gasteiger partial charge < -0.3 is 19.5 Å². The largest absolute Gasteiger partial charge is 0.497 e. The Balaban J connectivity index is 1.45. The van der Waals surface area contributed by atoms with Gasteiger partial charge in [0.05, 0.1) is 36.8 Å². The second kappa shape index (κ2) is 9.83. The molecule has 0 saturated heterocycles. The van der Waals surface area contributed by atoms with E-state index in [-0.39, 0.29) is 11.7 Å². The van der Waals surface area contributed by atoms with E-state index in [0.717, 1.165) is 16.0 Å². The second-order valence-electron chi connectivity index (χ2n) is 6.33. The molecule has 2 aromatic heterocycles. The summed E-state index contributed by atoms with van der Waals surface area (Å²) in [7, 11) is 3.14. The summed E-state index contributed by atoms with van der Waals surface area (Å²) < 4.78 is 18.6. The van der Waals surface area contributed by atoms with Crippen LogP contribution in [0, 0.1) is 0 Å². The number of nitrogens with zero attached hydrogens (tertiary/aromatic N) is 5. The summed E-state index contributed by atoms with van der Waals surface area (Å²) in [4.78, 5) is 17.0. The molecule has 0 aliphatic carbocycles. The average molecular weight is 473 g/mol. The number of benzene rings is 2. The Bertz CT molecular complexity index is 1240. The molecule has 0 aliphatic rings. The van der Waals surface area contributed by atoms with E-state index in [1.807, 2.05) is 25.1 Å². The predicted molar refractivity (Wildman–Crippen MR) is 122 cm³/mol. The highest BCUT2D eigenvalue weighted by Crippen LogP contribution is 2.31. The lowest BCUT2D eigenvalue weighted by Crippen LogP contribution is -2.14. The summed E-state index contributed by atoms with van der Waals surface area (Å²) in [6, 6.07) is 11.0. The van der Waals surface area contributed by atoms with Crippen LogP contribution < -0.4 is 19.5 Å². The lowest BCUT2D eigenvalue weighted by atomic mass is 10.3. The summed E-state index contributed by atoms with van der Waals surface area (Å²) >= 11 is 2.59. The number of nitrogens with one attached hydrogen (secondary N) is 1. The molecule has 4 aromatic rings. The number of hydrogen-bond acceptors (Lipinski definition) is 10. The fraction of sp³-hybridized carbons (Fsp3) is 0.250. The van der Waals surface area contributed by atoms with E-state index >= 15 is 0 Å². The minimum absolute atomic E-state index is 0.104. The molecule has 0 saturated carbocycles. The van der Waals surface area contributed by atoms with E-state index in [1.54, 1.807) is 32.4 Å². The van der Waals surface area contributed by atoms with E-state index in [9.17, 15) is 4.79 Å². The summed E-state index contributed by atoms with van der Waals surface area (Å²) in [6.45, 7) is 2.52. The molecule has 166 valence electrons. The van der Waals surface area contributed by atoms with Crippen molar-refractivity contribution in [3.63, 3.8) is 0 Å². The van der Waals surface area contributed by atoms with Gasteiger partial charge in [-0.15, -0.1) is 5.10 Å². The standard InChI is InChI=1S/C20H20N6O4S2/c1-4-30-13-5-7-14-17(10-13)32-19(21-14)22-18(27)11-31-20-23-24-25-26(20)15-9-12(28-2)6-8-16(15)29-3/h5-10H,4,11H2,1-3H3,(H,21,22,27). The van der Waals surface area contributed by atoms with Crippen molar-refractivity contribution in [2.45, 2.75) is 12.1 Å². The Hall–Kier alpha value is -3.38. The zero-order chi connectivity index (χ0) is 22.5. The Morgan fingerprint density at radius 2 is 2.00 bits per heavy atom. The summed E-state index contributed by atoms with van der Waals surface area (Å²) in [5.74, 6) is 1.87. The predicted octanol–water partition coefficient (Wildman–Crippen LogP) is 3.42. The Morgan fingerprint density at radius 3 is 2.78 bits per heavy atom. The maximum atomic E-state index is 12.5. The first-order valence-corrected chi connectivity index (χ1v) is 11.4. The van der Waals surface area contributed by atoms with Crippen LogP contribution in [0.3, 0.4) is 0 Å². The quantitative estimate of drug-likeness (QED) is 0.366. The van der Waals surface area contributed by atoms with Crippen LogP contribution in [0.4, 0.5) is 5.13 Å². The van der Waals surface area contributed by atoms with Crippen LogP contribution in [0.15, 0.2) is 41.6 Å². The SMILES string of the molecule is CCOc1ccc2nc(NC(=O)CSc3nnnn3-c3cc(OC)ccc3OC)sc2c1. The summed E-state index contributed by atoms with van der Waals surface area (Å²) in [5.41, 5.74) is 1.41. The van der Waals surface area contributed by atoms with Crippen molar-refractivity contribution < 1.29 is 19.0 Å². The van der Waals surface area contributed by atoms with Gasteiger partial charge in [-0.3, -0.25) is 4.79 Å². The number of hydrogen-bond donors (Lipinski definition) is 1. The number of methoxy groups -OCH3 is 2. The highest BCUT2D eigenvalue weighted by Gasteiger charge is 2.17. The van der Waals surface area contributed by atoms with Crippen LogP contribution in [0.1, 0.15) is 6.92 Å². The molecule has 1 N–H and O–H groups in total. The zero-order valence-electron chi connectivity index (χ0n) is 17.6. The Morgan fingerprint density at radius 1 is 1.16 bits per heavy atom. The zero-order valence-corrected chi connectivity index (χ0v) is 19.2. The highest BCUT2D eigenvalue weighted by atomic mass is 32.2. The number of aromatic nitrogens is 5. The van der Waals surface area contributed by atoms with Crippen molar-refractivity contribution in [3.8, 4) is 22.9 Å². The van der Waals surface area contributed by atoms with Gasteiger partial charge >= 0.3 is 0 Å². The molecule has 0 fully saturated rings. The second-order valence-corrected chi connectivity index (χ2v) is 8.30. The van der Waals surface area contributed by atoms with E-state index < -0.39 is 0 Å². The molecule has 1 amide bonds. The van der Waals surface area contributed by atoms with Gasteiger partial charge in [-0.25, -0.2) is 4.98 Å². The van der Waals surface area contributed by atoms with Crippen molar-refractivity contribution in [1.82, 2.24) is 25.2 Å². The number of carbonyl (C=O) groups is 1. The third-order valence-electron chi connectivity index (χ3n) is 4.30. The van der Waals surface area contributed by atoms with Gasteiger partial charge in [-0.05, 0) is 47.7 Å². The number of thioether (sulfide) groups is 1. The van der Waals surface area contributed by atoms with Gasteiger partial charge in [0.2, 0.25) is 11.1 Å². The minimum Gasteiger partial charge on any atom is -0.497 e. The first kappa shape index (κ1) is 21.8. The van der Waals surface area contributed by atoms with Gasteiger partial charge in [0, 0.05) is 6.07 Å². The van der Waals surface area contributed by atoms with E-state index in [0.29, 0.717) is 34.1 Å². The van der Waals surface area contributed by atoms with E-state index in [4.69, 9.17) is 14.2 Å². The van der Waals surface area contributed by atoms with Gasteiger partial charge in [0.15, 0.2) is 5.13 Å². The van der Waals surface area contributed by atoms with Crippen LogP contribution in [-0.2, 0) is 4.79 Å². The molecular weight excluding hydrogens is 452 g/mol. The molecule has 0 bridgehead atoms. The maximum Gasteiger partial charge on any atom is 0.236 e. The Kier molecular flexibility index (Phi) is 6.71. The summed E-state index contributed by atoms with van der Waals surface area (Å²) in [5, 5.41) is 15.6.